The minimum absolute atomic E-state index is 0.134. The zero-order valence-electron chi connectivity index (χ0n) is 16.2. The molecule has 0 spiro atoms. The molecule has 2 aromatic carbocycles. The van der Waals surface area contributed by atoms with Crippen LogP contribution >= 0.6 is 0 Å². The van der Waals surface area contributed by atoms with Gasteiger partial charge in [-0.05, 0) is 43.7 Å². The monoisotopic (exact) mass is 394 g/mol. The Bertz CT molecular complexity index is 955. The summed E-state index contributed by atoms with van der Waals surface area (Å²) in [5.74, 6) is -0.674. The van der Waals surface area contributed by atoms with E-state index in [0.717, 1.165) is 0 Å². The molecule has 3 rings (SSSR count). The molecule has 2 atom stereocenters. The molecule has 1 aliphatic heterocycles. The molecule has 7 nitrogen and oxygen atoms in total. The van der Waals surface area contributed by atoms with E-state index in [9.17, 15) is 14.4 Å². The average molecular weight is 394 g/mol. The van der Waals surface area contributed by atoms with Gasteiger partial charge in [-0.2, -0.15) is 0 Å². The molecule has 0 radical (unpaired) electrons. The number of carbonyl (C=O) groups is 3. The van der Waals surface area contributed by atoms with Crippen LogP contribution in [0.2, 0.25) is 0 Å². The highest BCUT2D eigenvalue weighted by Crippen LogP contribution is 2.36. The number of hydrogen-bond donors (Lipinski definition) is 2. The largest absolute Gasteiger partial charge is 0.490 e. The van der Waals surface area contributed by atoms with Crippen molar-refractivity contribution < 1.29 is 23.9 Å². The Balaban J connectivity index is 1.92. The number of carbonyl (C=O) groups excluding carboxylic acids is 3. The first-order chi connectivity index (χ1) is 13.9. The Morgan fingerprint density at radius 3 is 2.48 bits per heavy atom. The van der Waals surface area contributed by atoms with Gasteiger partial charge in [0.1, 0.15) is 5.78 Å². The molecule has 2 amide bonds. The van der Waals surface area contributed by atoms with Crippen molar-refractivity contribution in [2.45, 2.75) is 19.9 Å². The summed E-state index contributed by atoms with van der Waals surface area (Å²) in [4.78, 5) is 36.4. The van der Waals surface area contributed by atoms with Crippen LogP contribution in [-0.2, 0) is 4.79 Å². The molecule has 0 aliphatic carbocycles. The number of rotatable bonds is 6. The summed E-state index contributed by atoms with van der Waals surface area (Å²) in [6.07, 6.45) is 0. The van der Waals surface area contributed by atoms with Crippen LogP contribution < -0.4 is 20.1 Å². The van der Waals surface area contributed by atoms with Crippen molar-refractivity contribution in [3.05, 3.63) is 71.9 Å². The third kappa shape index (κ3) is 4.45. The Morgan fingerprint density at radius 1 is 1.10 bits per heavy atom. The topological polar surface area (TPSA) is 93.7 Å². The highest BCUT2D eigenvalue weighted by Gasteiger charge is 2.36. The van der Waals surface area contributed by atoms with Gasteiger partial charge in [0.2, 0.25) is 0 Å². The van der Waals surface area contributed by atoms with E-state index in [1.165, 1.54) is 6.92 Å². The van der Waals surface area contributed by atoms with Gasteiger partial charge in [-0.15, -0.1) is 0 Å². The van der Waals surface area contributed by atoms with Gasteiger partial charge in [0.05, 0.1) is 24.1 Å². The predicted molar refractivity (Wildman–Crippen MR) is 107 cm³/mol. The Morgan fingerprint density at radius 2 is 1.83 bits per heavy atom. The second-order valence-corrected chi connectivity index (χ2v) is 6.58. The van der Waals surface area contributed by atoms with E-state index in [1.807, 2.05) is 13.0 Å². The normalized spacial score (nSPS) is 18.4. The fourth-order valence-corrected chi connectivity index (χ4v) is 3.25. The van der Waals surface area contributed by atoms with Gasteiger partial charge in [-0.1, -0.05) is 30.8 Å². The van der Waals surface area contributed by atoms with Crippen molar-refractivity contribution in [2.24, 2.45) is 5.92 Å². The molecule has 0 bridgehead atoms. The second-order valence-electron chi connectivity index (χ2n) is 6.58. The maximum Gasteiger partial charge on any atom is 0.343 e. The minimum atomic E-state index is -0.625. The van der Waals surface area contributed by atoms with E-state index in [0.29, 0.717) is 29.2 Å². The molecule has 1 fully saturated rings. The quantitative estimate of drug-likeness (QED) is 0.579. The first-order valence-electron chi connectivity index (χ1n) is 9.21. The van der Waals surface area contributed by atoms with Crippen LogP contribution in [0.4, 0.5) is 4.79 Å². The van der Waals surface area contributed by atoms with Gasteiger partial charge < -0.3 is 20.1 Å². The predicted octanol–water partition coefficient (Wildman–Crippen LogP) is 3.38. The summed E-state index contributed by atoms with van der Waals surface area (Å²) < 4.78 is 11.1. The van der Waals surface area contributed by atoms with Crippen LogP contribution in [0.15, 0.2) is 60.8 Å². The lowest BCUT2D eigenvalue weighted by Gasteiger charge is -2.33. The smallest absolute Gasteiger partial charge is 0.343 e. The lowest BCUT2D eigenvalue weighted by molar-refractivity contribution is -0.120. The van der Waals surface area contributed by atoms with Crippen LogP contribution in [0, 0.1) is 5.92 Å². The molecular weight excluding hydrogens is 372 g/mol. The maximum absolute atomic E-state index is 12.4. The number of nitrogens with one attached hydrogen (secondary N) is 2. The summed E-state index contributed by atoms with van der Waals surface area (Å²) >= 11 is 0. The summed E-state index contributed by atoms with van der Waals surface area (Å²) in [7, 11) is 0. The molecule has 2 aromatic rings. The lowest BCUT2D eigenvalue weighted by Crippen LogP contribution is -2.50. The summed E-state index contributed by atoms with van der Waals surface area (Å²) in [5, 5.41) is 5.29. The van der Waals surface area contributed by atoms with Crippen LogP contribution in [0.3, 0.4) is 0 Å². The van der Waals surface area contributed by atoms with Crippen molar-refractivity contribution in [2.75, 3.05) is 6.61 Å². The molecule has 150 valence electrons. The van der Waals surface area contributed by atoms with E-state index < -0.39 is 24.0 Å². The van der Waals surface area contributed by atoms with E-state index in [4.69, 9.17) is 9.47 Å². The highest BCUT2D eigenvalue weighted by atomic mass is 16.6. The SMILES string of the molecule is C=C1NC(=O)NC(c2ccc(OC(=O)c3ccccc3)c(OCC)c2)C1C(C)=O. The van der Waals surface area contributed by atoms with E-state index in [-0.39, 0.29) is 11.5 Å². The lowest BCUT2D eigenvalue weighted by atomic mass is 9.86. The molecule has 29 heavy (non-hydrogen) atoms. The number of esters is 1. The standard InChI is InChI=1S/C22H22N2O5/c1-4-28-18-12-16(20-19(14(3)25)13(2)23-22(27)24-20)10-11-17(18)29-21(26)15-8-6-5-7-9-15/h5-12,19-20H,2,4H2,1,3H3,(H2,23,24,27). The summed E-state index contributed by atoms with van der Waals surface area (Å²) in [6, 6.07) is 12.5. The highest BCUT2D eigenvalue weighted by molar-refractivity contribution is 5.91. The first kappa shape index (κ1) is 20.1. The number of hydrogen-bond acceptors (Lipinski definition) is 5. The van der Waals surface area contributed by atoms with Crippen molar-refractivity contribution >= 4 is 17.8 Å². The van der Waals surface area contributed by atoms with Crippen LogP contribution in [0.1, 0.15) is 35.8 Å². The Labute approximate surface area is 168 Å². The molecule has 0 aromatic heterocycles. The zero-order valence-corrected chi connectivity index (χ0v) is 16.2. The van der Waals surface area contributed by atoms with Crippen molar-refractivity contribution in [3.8, 4) is 11.5 Å². The second kappa shape index (κ2) is 8.60. The molecule has 1 saturated heterocycles. The summed E-state index contributed by atoms with van der Waals surface area (Å²) in [5.41, 5.74) is 1.39. The average Bonchev–Trinajstić information content (AvgIpc) is 2.69. The molecule has 2 N–H and O–H groups in total. The molecule has 1 aliphatic rings. The first-order valence-corrected chi connectivity index (χ1v) is 9.21. The minimum Gasteiger partial charge on any atom is -0.490 e. The molecule has 7 heteroatoms. The van der Waals surface area contributed by atoms with E-state index in [2.05, 4.69) is 17.2 Å². The molecule has 2 unspecified atom stereocenters. The number of amides is 2. The van der Waals surface area contributed by atoms with Gasteiger partial charge in [0, 0.05) is 5.70 Å². The van der Waals surface area contributed by atoms with Crippen LogP contribution in [0.5, 0.6) is 11.5 Å². The maximum atomic E-state index is 12.4. The number of ketones is 1. The van der Waals surface area contributed by atoms with Gasteiger partial charge in [0.25, 0.3) is 0 Å². The van der Waals surface area contributed by atoms with Gasteiger partial charge in [0.15, 0.2) is 11.5 Å². The van der Waals surface area contributed by atoms with E-state index >= 15 is 0 Å². The van der Waals surface area contributed by atoms with Crippen LogP contribution in [0.25, 0.3) is 0 Å². The number of ether oxygens (including phenoxy) is 2. The third-order valence-corrected chi connectivity index (χ3v) is 4.55. The third-order valence-electron chi connectivity index (χ3n) is 4.55. The van der Waals surface area contributed by atoms with Gasteiger partial charge in [-0.25, -0.2) is 9.59 Å². The van der Waals surface area contributed by atoms with Crippen LogP contribution in [-0.4, -0.2) is 24.4 Å². The zero-order chi connectivity index (χ0) is 21.0. The Kier molecular flexibility index (Phi) is 5.97. The Hall–Kier alpha value is -3.61. The molecule has 1 heterocycles. The van der Waals surface area contributed by atoms with Gasteiger partial charge >= 0.3 is 12.0 Å². The number of urea groups is 1. The summed E-state index contributed by atoms with van der Waals surface area (Å²) in [6.45, 7) is 7.40. The number of Topliss-reactive ketones (excluding diaryl/α,β-unsaturated/α-hetero) is 1. The van der Waals surface area contributed by atoms with Gasteiger partial charge in [-0.3, -0.25) is 4.79 Å². The van der Waals surface area contributed by atoms with Crippen molar-refractivity contribution in [1.29, 1.82) is 0 Å². The van der Waals surface area contributed by atoms with Crippen molar-refractivity contribution in [3.63, 3.8) is 0 Å². The van der Waals surface area contributed by atoms with E-state index in [1.54, 1.807) is 42.5 Å². The molecule has 0 saturated carbocycles. The fraction of sp³-hybridized carbons (Fsp3) is 0.227. The van der Waals surface area contributed by atoms with Crippen molar-refractivity contribution in [1.82, 2.24) is 10.6 Å². The molecular formula is C22H22N2O5. The fourth-order valence-electron chi connectivity index (χ4n) is 3.25. The number of benzene rings is 2.